The van der Waals surface area contributed by atoms with E-state index < -0.39 is 0 Å². The van der Waals surface area contributed by atoms with Crippen molar-refractivity contribution in [2.45, 2.75) is 6.92 Å². The first kappa shape index (κ1) is 17.7. The number of hydrogen-bond donors (Lipinski definition) is 1. The first-order valence-corrected chi connectivity index (χ1v) is 8.26. The molecule has 7 heteroatoms. The topological polar surface area (TPSA) is 68.5 Å². The van der Waals surface area contributed by atoms with Gasteiger partial charge in [-0.3, -0.25) is 4.79 Å². The van der Waals surface area contributed by atoms with Crippen LogP contribution in [0.2, 0.25) is 5.15 Å². The molecule has 6 nitrogen and oxygen atoms in total. The molecule has 0 aliphatic carbocycles. The van der Waals surface area contributed by atoms with Gasteiger partial charge in [-0.25, -0.2) is 10.1 Å². The zero-order valence-corrected chi connectivity index (χ0v) is 15.1. The average molecular weight is 369 g/mol. The number of nitrogens with one attached hydrogen (secondary N) is 1. The number of halogens is 1. The Labute approximate surface area is 156 Å². The predicted octanol–water partition coefficient (Wildman–Crippen LogP) is 3.61. The highest BCUT2D eigenvalue weighted by atomic mass is 35.5. The van der Waals surface area contributed by atoms with Gasteiger partial charge in [-0.15, -0.1) is 0 Å². The van der Waals surface area contributed by atoms with Gasteiger partial charge in [0, 0.05) is 0 Å². The van der Waals surface area contributed by atoms with Crippen molar-refractivity contribution in [1.29, 1.82) is 0 Å². The maximum atomic E-state index is 12.3. The molecule has 0 saturated heterocycles. The third-order valence-electron chi connectivity index (χ3n) is 3.76. The molecule has 0 radical (unpaired) electrons. The van der Waals surface area contributed by atoms with Crippen LogP contribution in [0.25, 0.3) is 5.69 Å². The number of ether oxygens (including phenoxy) is 1. The lowest BCUT2D eigenvalue weighted by atomic mass is 10.2. The fourth-order valence-corrected chi connectivity index (χ4v) is 2.77. The normalized spacial score (nSPS) is 10.9. The van der Waals surface area contributed by atoms with E-state index in [0.717, 1.165) is 5.69 Å². The molecule has 0 aliphatic heterocycles. The molecular formula is C19H17ClN4O2. The Morgan fingerprint density at radius 3 is 2.62 bits per heavy atom. The first-order valence-electron chi connectivity index (χ1n) is 7.88. The first-order chi connectivity index (χ1) is 12.6. The van der Waals surface area contributed by atoms with E-state index in [9.17, 15) is 4.79 Å². The van der Waals surface area contributed by atoms with Crippen molar-refractivity contribution in [1.82, 2.24) is 15.2 Å². The molecule has 0 unspecified atom stereocenters. The van der Waals surface area contributed by atoms with Gasteiger partial charge in [-0.2, -0.15) is 10.2 Å². The number of nitrogens with zero attached hydrogens (tertiary/aromatic N) is 3. The van der Waals surface area contributed by atoms with Crippen molar-refractivity contribution >= 4 is 23.7 Å². The van der Waals surface area contributed by atoms with Crippen LogP contribution in [0.4, 0.5) is 0 Å². The summed E-state index contributed by atoms with van der Waals surface area (Å²) in [5, 5.41) is 8.85. The molecule has 1 N–H and O–H groups in total. The monoisotopic (exact) mass is 368 g/mol. The zero-order valence-electron chi connectivity index (χ0n) is 14.3. The number of para-hydroxylation sites is 2. The number of rotatable bonds is 5. The van der Waals surface area contributed by atoms with E-state index in [0.29, 0.717) is 27.7 Å². The van der Waals surface area contributed by atoms with Crippen LogP contribution >= 0.6 is 11.6 Å². The number of benzene rings is 2. The number of aromatic nitrogens is 2. The molecule has 1 heterocycles. The van der Waals surface area contributed by atoms with Crippen LogP contribution < -0.4 is 10.2 Å². The summed E-state index contributed by atoms with van der Waals surface area (Å²) in [4.78, 5) is 12.3. The minimum Gasteiger partial charge on any atom is -0.496 e. The smallest absolute Gasteiger partial charge is 0.275 e. The highest BCUT2D eigenvalue weighted by molar-refractivity contribution is 6.32. The fourth-order valence-electron chi connectivity index (χ4n) is 2.45. The van der Waals surface area contributed by atoms with E-state index in [1.165, 1.54) is 13.3 Å². The summed E-state index contributed by atoms with van der Waals surface area (Å²) in [6.45, 7) is 1.83. The Hall–Kier alpha value is -3.12. The van der Waals surface area contributed by atoms with Crippen LogP contribution in [0.5, 0.6) is 5.75 Å². The minimum absolute atomic E-state index is 0.372. The van der Waals surface area contributed by atoms with Crippen molar-refractivity contribution in [2.75, 3.05) is 7.11 Å². The lowest BCUT2D eigenvalue weighted by molar-refractivity contribution is 0.0952. The molecule has 0 saturated carbocycles. The van der Waals surface area contributed by atoms with Crippen molar-refractivity contribution in [3.8, 4) is 11.4 Å². The molecule has 0 spiro atoms. The molecule has 132 valence electrons. The van der Waals surface area contributed by atoms with Crippen LogP contribution in [0.15, 0.2) is 59.7 Å². The van der Waals surface area contributed by atoms with Crippen LogP contribution in [0.1, 0.15) is 21.6 Å². The Morgan fingerprint density at radius 1 is 1.19 bits per heavy atom. The van der Waals surface area contributed by atoms with Crippen LogP contribution in [0, 0.1) is 6.92 Å². The average Bonchev–Trinajstić information content (AvgIpc) is 2.96. The molecule has 3 aromatic rings. The summed E-state index contributed by atoms with van der Waals surface area (Å²) in [5.41, 5.74) is 5.06. The summed E-state index contributed by atoms with van der Waals surface area (Å²) >= 11 is 6.42. The molecule has 2 aromatic carbocycles. The van der Waals surface area contributed by atoms with Gasteiger partial charge in [-0.1, -0.05) is 41.9 Å². The SMILES string of the molecule is COc1ccccc1C(=O)NN=Cc1c(C)nn(-c2ccccc2)c1Cl. The van der Waals surface area contributed by atoms with Crippen molar-refractivity contribution in [3.05, 3.63) is 76.6 Å². The number of hydrogen-bond acceptors (Lipinski definition) is 4. The minimum atomic E-state index is -0.372. The van der Waals surface area contributed by atoms with E-state index in [1.54, 1.807) is 28.9 Å². The third-order valence-corrected chi connectivity index (χ3v) is 4.12. The van der Waals surface area contributed by atoms with Gasteiger partial charge >= 0.3 is 0 Å². The highest BCUT2D eigenvalue weighted by Gasteiger charge is 2.14. The molecule has 0 fully saturated rings. The Bertz CT molecular complexity index is 951. The highest BCUT2D eigenvalue weighted by Crippen LogP contribution is 2.22. The lowest BCUT2D eigenvalue weighted by Gasteiger charge is -2.05. The number of methoxy groups -OCH3 is 1. The second-order valence-corrected chi connectivity index (χ2v) is 5.79. The molecule has 0 atom stereocenters. The van der Waals surface area contributed by atoms with Crippen LogP contribution in [-0.2, 0) is 0 Å². The van der Waals surface area contributed by atoms with Crippen LogP contribution in [0.3, 0.4) is 0 Å². The summed E-state index contributed by atoms with van der Waals surface area (Å²) < 4.78 is 6.80. The Balaban J connectivity index is 1.79. The Morgan fingerprint density at radius 2 is 1.88 bits per heavy atom. The molecule has 26 heavy (non-hydrogen) atoms. The number of hydrazone groups is 1. The standard InChI is InChI=1S/C19H17ClN4O2/c1-13-16(18(20)24(23-13)14-8-4-3-5-9-14)12-21-22-19(25)15-10-6-7-11-17(15)26-2/h3-12H,1-2H3,(H,22,25). The van der Waals surface area contributed by atoms with Crippen molar-refractivity contribution in [2.24, 2.45) is 5.10 Å². The summed E-state index contributed by atoms with van der Waals surface area (Å²) in [5.74, 6) is 0.106. The zero-order chi connectivity index (χ0) is 18.5. The molecule has 1 amide bonds. The summed E-state index contributed by atoms with van der Waals surface area (Å²) in [7, 11) is 1.51. The van der Waals surface area contributed by atoms with Gasteiger partial charge in [0.25, 0.3) is 5.91 Å². The predicted molar refractivity (Wildman–Crippen MR) is 101 cm³/mol. The third kappa shape index (κ3) is 3.60. The molecule has 0 bridgehead atoms. The lowest BCUT2D eigenvalue weighted by Crippen LogP contribution is -2.18. The maximum absolute atomic E-state index is 12.3. The van der Waals surface area contributed by atoms with E-state index in [1.807, 2.05) is 37.3 Å². The van der Waals surface area contributed by atoms with Gasteiger partial charge in [0.2, 0.25) is 0 Å². The molecule has 0 aliphatic rings. The van der Waals surface area contributed by atoms with Gasteiger partial charge in [0.05, 0.1) is 35.8 Å². The molecule has 1 aromatic heterocycles. The second-order valence-electron chi connectivity index (χ2n) is 5.44. The number of amides is 1. The number of aryl methyl sites for hydroxylation is 1. The van der Waals surface area contributed by atoms with Crippen molar-refractivity contribution < 1.29 is 9.53 Å². The van der Waals surface area contributed by atoms with Gasteiger partial charge in [0.15, 0.2) is 0 Å². The fraction of sp³-hybridized carbons (Fsp3) is 0.105. The number of carbonyl (C=O) groups is 1. The van der Waals surface area contributed by atoms with E-state index in [-0.39, 0.29) is 5.91 Å². The Kier molecular flexibility index (Phi) is 5.34. The summed E-state index contributed by atoms with van der Waals surface area (Å²) in [6, 6.07) is 16.5. The largest absolute Gasteiger partial charge is 0.496 e. The van der Waals surface area contributed by atoms with Crippen molar-refractivity contribution in [3.63, 3.8) is 0 Å². The van der Waals surface area contributed by atoms with E-state index in [4.69, 9.17) is 16.3 Å². The van der Waals surface area contributed by atoms with Gasteiger partial charge in [-0.05, 0) is 31.2 Å². The van der Waals surface area contributed by atoms with Crippen LogP contribution in [-0.4, -0.2) is 29.0 Å². The second kappa shape index (κ2) is 7.84. The van der Waals surface area contributed by atoms with Gasteiger partial charge in [0.1, 0.15) is 10.9 Å². The number of carbonyl (C=O) groups excluding carboxylic acids is 1. The van der Waals surface area contributed by atoms with E-state index in [2.05, 4.69) is 15.6 Å². The van der Waals surface area contributed by atoms with Gasteiger partial charge < -0.3 is 4.74 Å². The maximum Gasteiger partial charge on any atom is 0.275 e. The van der Waals surface area contributed by atoms with E-state index >= 15 is 0 Å². The molecular weight excluding hydrogens is 352 g/mol. The summed E-state index contributed by atoms with van der Waals surface area (Å²) in [6.07, 6.45) is 1.48. The quantitative estimate of drug-likeness (QED) is 0.552. The molecule has 3 rings (SSSR count).